The molecule has 0 fully saturated rings. The van der Waals surface area contributed by atoms with Crippen molar-refractivity contribution in [3.05, 3.63) is 59.9 Å². The molecule has 0 aliphatic carbocycles. The Hall–Kier alpha value is -2.93. The van der Waals surface area contributed by atoms with Gasteiger partial charge in [-0.3, -0.25) is 14.6 Å². The second-order valence-corrected chi connectivity index (χ2v) is 6.86. The molecule has 27 heavy (non-hydrogen) atoms. The lowest BCUT2D eigenvalue weighted by molar-refractivity contribution is -0.890. The van der Waals surface area contributed by atoms with Crippen molar-refractivity contribution in [3.8, 4) is 0 Å². The monoisotopic (exact) mass is 370 g/mol. The summed E-state index contributed by atoms with van der Waals surface area (Å²) in [5.74, 6) is -1.26. The lowest BCUT2D eigenvalue weighted by Crippen LogP contribution is -3.07. The highest BCUT2D eigenvalue weighted by Gasteiger charge is 2.21. The Morgan fingerprint density at radius 1 is 1.00 bits per heavy atom. The third-order valence-electron chi connectivity index (χ3n) is 4.38. The van der Waals surface area contributed by atoms with Gasteiger partial charge < -0.3 is 20.4 Å². The normalized spacial score (nSPS) is 11.7. The van der Waals surface area contributed by atoms with Crippen molar-refractivity contribution in [2.75, 3.05) is 39.6 Å². The number of rotatable bonds is 7. The molecule has 1 aromatic carbocycles. The van der Waals surface area contributed by atoms with E-state index < -0.39 is 11.8 Å². The van der Waals surface area contributed by atoms with E-state index in [0.717, 1.165) is 16.8 Å². The maximum absolute atomic E-state index is 12.1. The van der Waals surface area contributed by atoms with Crippen molar-refractivity contribution in [2.45, 2.75) is 12.6 Å². The molecule has 0 unspecified atom stereocenters. The van der Waals surface area contributed by atoms with Gasteiger partial charge in [0, 0.05) is 44.3 Å². The number of carbonyl (C=O) groups is 2. The Labute approximate surface area is 160 Å². The number of anilines is 1. The van der Waals surface area contributed by atoms with Gasteiger partial charge in [0.15, 0.2) is 0 Å². The summed E-state index contributed by atoms with van der Waals surface area (Å²) in [7, 11) is 8.04. The molecule has 2 rings (SSSR count). The summed E-state index contributed by atoms with van der Waals surface area (Å²) in [5.41, 5.74) is 3.12. The van der Waals surface area contributed by atoms with Gasteiger partial charge in [0.1, 0.15) is 6.04 Å². The number of hydrogen-bond donors (Lipinski definition) is 3. The Morgan fingerprint density at radius 2 is 1.59 bits per heavy atom. The van der Waals surface area contributed by atoms with Crippen LogP contribution in [0, 0.1) is 0 Å². The molecule has 1 aromatic heterocycles. The molecule has 7 heteroatoms. The highest BCUT2D eigenvalue weighted by Crippen LogP contribution is 2.16. The fourth-order valence-electron chi connectivity index (χ4n) is 2.70. The molecule has 0 bridgehead atoms. The highest BCUT2D eigenvalue weighted by atomic mass is 16.2. The van der Waals surface area contributed by atoms with E-state index in [-0.39, 0.29) is 6.04 Å². The van der Waals surface area contributed by atoms with E-state index in [1.54, 1.807) is 24.5 Å². The summed E-state index contributed by atoms with van der Waals surface area (Å²) in [6.07, 6.45) is 3.29. The van der Waals surface area contributed by atoms with Crippen molar-refractivity contribution in [1.29, 1.82) is 0 Å². The van der Waals surface area contributed by atoms with E-state index in [2.05, 4.69) is 39.9 Å². The van der Waals surface area contributed by atoms with Gasteiger partial charge in [0.2, 0.25) is 0 Å². The number of quaternary nitrogens is 1. The van der Waals surface area contributed by atoms with E-state index in [1.165, 1.54) is 4.90 Å². The number of carbonyl (C=O) groups excluding carboxylic acids is 2. The van der Waals surface area contributed by atoms with Gasteiger partial charge in [-0.05, 0) is 29.8 Å². The molecule has 3 N–H and O–H groups in total. The molecule has 2 amide bonds. The van der Waals surface area contributed by atoms with Crippen LogP contribution in [0.25, 0.3) is 0 Å². The third kappa shape index (κ3) is 6.07. The van der Waals surface area contributed by atoms with Crippen molar-refractivity contribution in [3.63, 3.8) is 0 Å². The molecule has 0 spiro atoms. The first-order valence-corrected chi connectivity index (χ1v) is 8.90. The fourth-order valence-corrected chi connectivity index (χ4v) is 2.70. The Morgan fingerprint density at radius 3 is 2.15 bits per heavy atom. The smallest absolute Gasteiger partial charge is 0.309 e. The summed E-state index contributed by atoms with van der Waals surface area (Å²) >= 11 is 0. The predicted molar refractivity (Wildman–Crippen MR) is 105 cm³/mol. The molecule has 1 atom stereocenters. The minimum Gasteiger partial charge on any atom is -0.378 e. The second-order valence-electron chi connectivity index (χ2n) is 6.86. The molecule has 0 aliphatic heterocycles. The van der Waals surface area contributed by atoms with Gasteiger partial charge in [0.05, 0.1) is 20.6 Å². The standard InChI is InChI=1S/C20H27N5O2/c1-24(2)17-7-5-16(6-8-17)18(25(3)4)14-23-20(27)19(26)22-13-15-9-11-21-12-10-15/h5-12,18H,13-14H2,1-4H3,(H,22,26)(H,23,27)/p+1/t18-/m0/s1. The Balaban J connectivity index is 1.90. The van der Waals surface area contributed by atoms with E-state index in [1.807, 2.05) is 33.1 Å². The lowest BCUT2D eigenvalue weighted by atomic mass is 10.1. The number of pyridine rings is 1. The van der Waals surface area contributed by atoms with Crippen molar-refractivity contribution < 1.29 is 14.5 Å². The van der Waals surface area contributed by atoms with Crippen LogP contribution in [0.3, 0.4) is 0 Å². The first kappa shape index (κ1) is 20.4. The minimum absolute atomic E-state index is 0.0539. The number of hydrogen-bond acceptors (Lipinski definition) is 4. The minimum atomic E-state index is -0.637. The molecule has 0 saturated carbocycles. The van der Waals surface area contributed by atoms with Gasteiger partial charge in [-0.15, -0.1) is 0 Å². The van der Waals surface area contributed by atoms with Crippen molar-refractivity contribution >= 4 is 17.5 Å². The first-order chi connectivity index (χ1) is 12.9. The van der Waals surface area contributed by atoms with E-state index in [9.17, 15) is 9.59 Å². The zero-order chi connectivity index (χ0) is 19.8. The van der Waals surface area contributed by atoms with Crippen molar-refractivity contribution in [2.24, 2.45) is 0 Å². The summed E-state index contributed by atoms with van der Waals surface area (Å²) < 4.78 is 0. The maximum atomic E-state index is 12.1. The third-order valence-corrected chi connectivity index (χ3v) is 4.38. The van der Waals surface area contributed by atoms with Gasteiger partial charge in [-0.25, -0.2) is 0 Å². The lowest BCUT2D eigenvalue weighted by Gasteiger charge is -2.23. The van der Waals surface area contributed by atoms with Crippen LogP contribution in [0.1, 0.15) is 17.2 Å². The first-order valence-electron chi connectivity index (χ1n) is 8.90. The molecule has 0 saturated heterocycles. The van der Waals surface area contributed by atoms with Crippen LogP contribution in [0.4, 0.5) is 5.69 Å². The molecular formula is C20H28N5O2+. The summed E-state index contributed by atoms with van der Waals surface area (Å²) in [4.78, 5) is 31.2. The van der Waals surface area contributed by atoms with Crippen LogP contribution in [-0.2, 0) is 16.1 Å². The SMILES string of the molecule is CN(C)c1ccc([C@H](CNC(=O)C(=O)NCc2ccncc2)[NH+](C)C)cc1. The van der Waals surface area contributed by atoms with Crippen molar-refractivity contribution in [1.82, 2.24) is 15.6 Å². The Bertz CT molecular complexity index is 745. The molecular weight excluding hydrogens is 342 g/mol. The maximum Gasteiger partial charge on any atom is 0.309 e. The summed E-state index contributed by atoms with van der Waals surface area (Å²) in [6.45, 7) is 0.675. The van der Waals surface area contributed by atoms with Crippen LogP contribution < -0.4 is 20.4 Å². The second kappa shape index (κ2) is 9.68. The van der Waals surface area contributed by atoms with Crippen LogP contribution in [-0.4, -0.2) is 51.5 Å². The quantitative estimate of drug-likeness (QED) is 0.588. The molecule has 0 radical (unpaired) electrons. The molecule has 2 aromatic rings. The molecule has 1 heterocycles. The predicted octanol–water partition coefficient (Wildman–Crippen LogP) is -0.234. The van der Waals surface area contributed by atoms with Crippen LogP contribution >= 0.6 is 0 Å². The van der Waals surface area contributed by atoms with Gasteiger partial charge >= 0.3 is 11.8 Å². The van der Waals surface area contributed by atoms with Gasteiger partial charge in [-0.1, -0.05) is 12.1 Å². The largest absolute Gasteiger partial charge is 0.378 e. The Kier molecular flexibility index (Phi) is 7.31. The number of likely N-dealkylation sites (N-methyl/N-ethyl adjacent to an activating group) is 1. The number of nitrogens with one attached hydrogen (secondary N) is 3. The van der Waals surface area contributed by atoms with Gasteiger partial charge in [0.25, 0.3) is 0 Å². The molecule has 0 aliphatic rings. The zero-order valence-corrected chi connectivity index (χ0v) is 16.3. The van der Waals surface area contributed by atoms with Crippen LogP contribution in [0.15, 0.2) is 48.8 Å². The average Bonchev–Trinajstić information content (AvgIpc) is 2.67. The van der Waals surface area contributed by atoms with E-state index >= 15 is 0 Å². The highest BCUT2D eigenvalue weighted by molar-refractivity contribution is 6.35. The zero-order valence-electron chi connectivity index (χ0n) is 16.3. The van der Waals surface area contributed by atoms with E-state index in [4.69, 9.17) is 0 Å². The molecule has 144 valence electrons. The number of benzene rings is 1. The average molecular weight is 370 g/mol. The fraction of sp³-hybridized carbons (Fsp3) is 0.350. The van der Waals surface area contributed by atoms with Crippen LogP contribution in [0.2, 0.25) is 0 Å². The number of aromatic nitrogens is 1. The number of nitrogens with zero attached hydrogens (tertiary/aromatic N) is 2. The van der Waals surface area contributed by atoms with E-state index in [0.29, 0.717) is 13.1 Å². The van der Waals surface area contributed by atoms with Gasteiger partial charge in [-0.2, -0.15) is 0 Å². The summed E-state index contributed by atoms with van der Waals surface area (Å²) in [5, 5.41) is 5.36. The van der Waals surface area contributed by atoms with Crippen LogP contribution in [0.5, 0.6) is 0 Å². The number of amides is 2. The molecule has 7 nitrogen and oxygen atoms in total. The summed E-state index contributed by atoms with van der Waals surface area (Å²) in [6, 6.07) is 11.9. The topological polar surface area (TPSA) is 78.8 Å².